The summed E-state index contributed by atoms with van der Waals surface area (Å²) in [5.41, 5.74) is 7.82. The Kier molecular flexibility index (Phi) is 7.33. The van der Waals surface area contributed by atoms with Gasteiger partial charge < -0.3 is 15.8 Å². The molecule has 1 aromatic carbocycles. The van der Waals surface area contributed by atoms with Crippen molar-refractivity contribution in [3.05, 3.63) is 29.8 Å². The lowest BCUT2D eigenvalue weighted by molar-refractivity contribution is -0.122. The van der Waals surface area contributed by atoms with Gasteiger partial charge in [0.2, 0.25) is 5.91 Å². The van der Waals surface area contributed by atoms with Crippen molar-refractivity contribution in [2.75, 3.05) is 11.9 Å². The molecule has 1 saturated carbocycles. The first-order valence-corrected chi connectivity index (χ1v) is 7.79. The minimum Gasteiger partial charge on any atom is -0.377 e. The van der Waals surface area contributed by atoms with Crippen LogP contribution >= 0.6 is 12.4 Å². The quantitative estimate of drug-likeness (QED) is 0.870. The van der Waals surface area contributed by atoms with Crippen LogP contribution in [0.4, 0.5) is 5.69 Å². The molecule has 1 amide bonds. The molecule has 124 valence electrons. The number of amides is 1. The molecule has 0 heterocycles. The first-order chi connectivity index (χ1) is 10.0. The van der Waals surface area contributed by atoms with Gasteiger partial charge in [-0.2, -0.15) is 0 Å². The number of ether oxygens (including phenoxy) is 1. The number of carbonyl (C=O) groups is 1. The van der Waals surface area contributed by atoms with E-state index in [-0.39, 0.29) is 24.2 Å². The summed E-state index contributed by atoms with van der Waals surface area (Å²) in [5, 5.41) is 2.99. The number of halogens is 1. The van der Waals surface area contributed by atoms with Gasteiger partial charge in [-0.15, -0.1) is 12.4 Å². The Morgan fingerprint density at radius 2 is 2.05 bits per heavy atom. The third-order valence-corrected chi connectivity index (χ3v) is 4.27. The van der Waals surface area contributed by atoms with Gasteiger partial charge >= 0.3 is 0 Å². The summed E-state index contributed by atoms with van der Waals surface area (Å²) in [7, 11) is 0. The van der Waals surface area contributed by atoms with Gasteiger partial charge in [0, 0.05) is 17.8 Å². The van der Waals surface area contributed by atoms with Crippen LogP contribution < -0.4 is 11.1 Å². The molecule has 3 N–H and O–H groups in total. The SMILES string of the molecule is CCOCc1ccc(NC(=O)C2CCCCC2(C)N)cc1.Cl. The topological polar surface area (TPSA) is 64.3 Å². The Labute approximate surface area is 139 Å². The average molecular weight is 327 g/mol. The highest BCUT2D eigenvalue weighted by Crippen LogP contribution is 2.32. The monoisotopic (exact) mass is 326 g/mol. The summed E-state index contributed by atoms with van der Waals surface area (Å²) in [6.45, 7) is 5.27. The highest BCUT2D eigenvalue weighted by molar-refractivity contribution is 5.93. The third kappa shape index (κ3) is 4.97. The molecular formula is C17H27ClN2O2. The van der Waals surface area contributed by atoms with Crippen molar-refractivity contribution in [3.8, 4) is 0 Å². The van der Waals surface area contributed by atoms with Crippen LogP contribution in [0.5, 0.6) is 0 Å². The Morgan fingerprint density at radius 1 is 1.36 bits per heavy atom. The number of hydrogen-bond donors (Lipinski definition) is 2. The number of rotatable bonds is 5. The van der Waals surface area contributed by atoms with Crippen LogP contribution in [0.15, 0.2) is 24.3 Å². The van der Waals surface area contributed by atoms with Crippen LogP contribution in [0.3, 0.4) is 0 Å². The molecule has 2 rings (SSSR count). The summed E-state index contributed by atoms with van der Waals surface area (Å²) >= 11 is 0. The Morgan fingerprint density at radius 3 is 2.64 bits per heavy atom. The zero-order valence-corrected chi connectivity index (χ0v) is 14.2. The van der Waals surface area contributed by atoms with E-state index in [0.29, 0.717) is 13.2 Å². The highest BCUT2D eigenvalue weighted by atomic mass is 35.5. The minimum absolute atomic E-state index is 0. The molecule has 0 radical (unpaired) electrons. The van der Waals surface area contributed by atoms with Crippen molar-refractivity contribution in [3.63, 3.8) is 0 Å². The van der Waals surface area contributed by atoms with Gasteiger partial charge in [-0.3, -0.25) is 4.79 Å². The first kappa shape index (κ1) is 18.9. The maximum atomic E-state index is 12.4. The number of nitrogens with one attached hydrogen (secondary N) is 1. The van der Waals surface area contributed by atoms with Gasteiger partial charge in [0.1, 0.15) is 0 Å². The Balaban J connectivity index is 0.00000242. The lowest BCUT2D eigenvalue weighted by Crippen LogP contribution is -2.51. The van der Waals surface area contributed by atoms with E-state index in [1.165, 1.54) is 0 Å². The van der Waals surface area contributed by atoms with Crippen molar-refractivity contribution in [1.29, 1.82) is 0 Å². The van der Waals surface area contributed by atoms with Crippen molar-refractivity contribution in [2.45, 2.75) is 51.7 Å². The second-order valence-electron chi connectivity index (χ2n) is 6.13. The fourth-order valence-electron chi connectivity index (χ4n) is 2.92. The van der Waals surface area contributed by atoms with Gasteiger partial charge in [0.25, 0.3) is 0 Å². The molecule has 0 saturated heterocycles. The van der Waals surface area contributed by atoms with Crippen LogP contribution in [0.1, 0.15) is 45.1 Å². The number of anilines is 1. The molecule has 22 heavy (non-hydrogen) atoms. The molecule has 0 bridgehead atoms. The molecule has 2 unspecified atom stereocenters. The molecule has 0 aliphatic heterocycles. The highest BCUT2D eigenvalue weighted by Gasteiger charge is 2.37. The molecule has 1 aliphatic rings. The predicted molar refractivity (Wildman–Crippen MR) is 92.2 cm³/mol. The third-order valence-electron chi connectivity index (χ3n) is 4.27. The zero-order valence-electron chi connectivity index (χ0n) is 13.4. The summed E-state index contributed by atoms with van der Waals surface area (Å²) < 4.78 is 5.36. The van der Waals surface area contributed by atoms with Gasteiger partial charge in [-0.05, 0) is 44.4 Å². The minimum atomic E-state index is -0.392. The van der Waals surface area contributed by atoms with Crippen LogP contribution in [-0.4, -0.2) is 18.1 Å². The number of hydrogen-bond acceptors (Lipinski definition) is 3. The van der Waals surface area contributed by atoms with E-state index in [1.54, 1.807) is 0 Å². The van der Waals surface area contributed by atoms with Gasteiger partial charge in [0.15, 0.2) is 0 Å². The molecule has 1 aromatic rings. The van der Waals surface area contributed by atoms with Crippen molar-refractivity contribution < 1.29 is 9.53 Å². The largest absolute Gasteiger partial charge is 0.377 e. The van der Waals surface area contributed by atoms with E-state index in [0.717, 1.165) is 36.9 Å². The van der Waals surface area contributed by atoms with Gasteiger partial charge in [-0.1, -0.05) is 25.0 Å². The fourth-order valence-corrected chi connectivity index (χ4v) is 2.92. The molecule has 1 fully saturated rings. The van der Waals surface area contributed by atoms with E-state index in [1.807, 2.05) is 38.1 Å². The molecule has 5 heteroatoms. The van der Waals surface area contributed by atoms with Crippen molar-refractivity contribution in [2.24, 2.45) is 11.7 Å². The summed E-state index contributed by atoms with van der Waals surface area (Å²) in [6, 6.07) is 7.80. The van der Waals surface area contributed by atoms with E-state index in [2.05, 4.69) is 5.32 Å². The number of nitrogens with two attached hydrogens (primary N) is 1. The number of carbonyl (C=O) groups excluding carboxylic acids is 1. The van der Waals surface area contributed by atoms with Crippen molar-refractivity contribution in [1.82, 2.24) is 0 Å². The molecule has 0 aromatic heterocycles. The zero-order chi connectivity index (χ0) is 15.3. The van der Waals surface area contributed by atoms with E-state index in [9.17, 15) is 4.79 Å². The van der Waals surface area contributed by atoms with E-state index in [4.69, 9.17) is 10.5 Å². The molecule has 4 nitrogen and oxygen atoms in total. The summed E-state index contributed by atoms with van der Waals surface area (Å²) in [4.78, 5) is 12.4. The molecule has 1 aliphatic carbocycles. The Hall–Kier alpha value is -1.10. The second kappa shape index (κ2) is 8.51. The smallest absolute Gasteiger partial charge is 0.229 e. The second-order valence-corrected chi connectivity index (χ2v) is 6.13. The van der Waals surface area contributed by atoms with Crippen LogP contribution in [0.2, 0.25) is 0 Å². The maximum Gasteiger partial charge on any atom is 0.229 e. The van der Waals surface area contributed by atoms with Gasteiger partial charge in [0.05, 0.1) is 12.5 Å². The molecular weight excluding hydrogens is 300 g/mol. The maximum absolute atomic E-state index is 12.4. The van der Waals surface area contributed by atoms with Gasteiger partial charge in [-0.25, -0.2) is 0 Å². The lowest BCUT2D eigenvalue weighted by Gasteiger charge is -2.37. The lowest BCUT2D eigenvalue weighted by atomic mass is 9.74. The molecule has 0 spiro atoms. The fraction of sp³-hybridized carbons (Fsp3) is 0.588. The summed E-state index contributed by atoms with van der Waals surface area (Å²) in [5.74, 6) is -0.0633. The standard InChI is InChI=1S/C17H26N2O2.ClH/c1-3-21-12-13-7-9-14(10-8-13)19-16(20)15-6-4-5-11-17(15,2)18;/h7-10,15H,3-6,11-12,18H2,1-2H3,(H,19,20);1H. The van der Waals surface area contributed by atoms with Crippen LogP contribution in [-0.2, 0) is 16.1 Å². The van der Waals surface area contributed by atoms with Crippen molar-refractivity contribution >= 4 is 24.0 Å². The Bertz CT molecular complexity index is 474. The average Bonchev–Trinajstić information content (AvgIpc) is 2.46. The number of benzene rings is 1. The van der Waals surface area contributed by atoms with E-state index < -0.39 is 5.54 Å². The van der Waals surface area contributed by atoms with Crippen LogP contribution in [0, 0.1) is 5.92 Å². The molecule has 2 atom stereocenters. The first-order valence-electron chi connectivity index (χ1n) is 7.79. The van der Waals surface area contributed by atoms with E-state index >= 15 is 0 Å². The predicted octanol–water partition coefficient (Wildman–Crippen LogP) is 3.49. The van der Waals surface area contributed by atoms with Crippen LogP contribution in [0.25, 0.3) is 0 Å². The normalized spacial score (nSPS) is 24.4. The summed E-state index contributed by atoms with van der Waals surface area (Å²) in [6.07, 6.45) is 3.99.